The Morgan fingerprint density at radius 3 is 1.55 bits per heavy atom. The smallest absolute Gasteiger partial charge is 0.338 e. The van der Waals surface area contributed by atoms with Gasteiger partial charge in [-0.15, -0.1) is 0 Å². The molecule has 0 heterocycles. The molecule has 0 saturated carbocycles. The highest BCUT2D eigenvalue weighted by molar-refractivity contribution is 5.98. The Morgan fingerprint density at radius 1 is 0.737 bits per heavy atom. The first-order valence-electron chi connectivity index (χ1n) is 12.3. The fourth-order valence-electron chi connectivity index (χ4n) is 3.24. The number of amides is 1. The maximum Gasteiger partial charge on any atom is 0.338 e. The maximum absolute atomic E-state index is 12.2. The zero-order valence-corrected chi connectivity index (χ0v) is 22.9. The predicted octanol–water partition coefficient (Wildman–Crippen LogP) is 5.00. The van der Waals surface area contributed by atoms with E-state index in [1.807, 2.05) is 34.6 Å². The molecule has 0 aromatic heterocycles. The Labute approximate surface area is 223 Å². The lowest BCUT2D eigenvalue weighted by molar-refractivity contribution is 0.0524. The lowest BCUT2D eigenvalue weighted by Gasteiger charge is -2.17. The number of hydrogen-bond acceptors (Lipinski definition) is 7. The van der Waals surface area contributed by atoms with Gasteiger partial charge in [-0.1, -0.05) is 6.92 Å². The SMILES string of the molecule is CCCN(C)C(=O)c1cc(OC(C)C)cc(C(=O)O)c1.CCOC(=O)c1cc(OC(C)C)cc(C(=O)O)c1. The van der Waals surface area contributed by atoms with Gasteiger partial charge in [0.2, 0.25) is 0 Å². The Kier molecular flexibility index (Phi) is 12.8. The molecule has 38 heavy (non-hydrogen) atoms. The molecule has 0 bridgehead atoms. The monoisotopic (exact) mass is 531 g/mol. The fraction of sp³-hybridized carbons (Fsp3) is 0.429. The number of aromatic carboxylic acids is 2. The van der Waals surface area contributed by atoms with Crippen molar-refractivity contribution in [1.82, 2.24) is 4.90 Å². The summed E-state index contributed by atoms with van der Waals surface area (Å²) >= 11 is 0. The molecule has 10 heteroatoms. The number of esters is 1. The van der Waals surface area contributed by atoms with Crippen molar-refractivity contribution >= 4 is 23.8 Å². The lowest BCUT2D eigenvalue weighted by Crippen LogP contribution is -2.27. The van der Waals surface area contributed by atoms with Gasteiger partial charge in [-0.3, -0.25) is 4.79 Å². The zero-order valence-electron chi connectivity index (χ0n) is 22.9. The van der Waals surface area contributed by atoms with E-state index >= 15 is 0 Å². The van der Waals surface area contributed by atoms with Crippen molar-refractivity contribution in [2.45, 2.75) is 60.2 Å². The van der Waals surface area contributed by atoms with Gasteiger partial charge in [0.1, 0.15) is 11.5 Å². The second-order valence-electron chi connectivity index (χ2n) is 8.88. The van der Waals surface area contributed by atoms with E-state index in [9.17, 15) is 19.2 Å². The molecule has 2 rings (SSSR count). The molecule has 0 saturated heterocycles. The summed E-state index contributed by atoms with van der Waals surface area (Å²) in [5, 5.41) is 18.1. The van der Waals surface area contributed by atoms with E-state index in [1.54, 1.807) is 24.9 Å². The number of benzene rings is 2. The Bertz CT molecular complexity index is 1130. The van der Waals surface area contributed by atoms with Crippen LogP contribution >= 0.6 is 0 Å². The van der Waals surface area contributed by atoms with E-state index < -0.39 is 17.9 Å². The minimum Gasteiger partial charge on any atom is -0.491 e. The van der Waals surface area contributed by atoms with Crippen molar-refractivity contribution in [3.63, 3.8) is 0 Å². The number of rotatable bonds is 11. The molecular formula is C28H37NO9. The topological polar surface area (TPSA) is 140 Å². The number of carboxylic acids is 2. The van der Waals surface area contributed by atoms with Crippen LogP contribution < -0.4 is 9.47 Å². The summed E-state index contributed by atoms with van der Waals surface area (Å²) in [5.41, 5.74) is 0.552. The Balaban J connectivity index is 0.000000382. The second kappa shape index (κ2) is 15.2. The number of nitrogens with zero attached hydrogens (tertiary/aromatic N) is 1. The standard InChI is InChI=1S/C15H21NO4.C13H16O5/c1-5-6-16(4)14(17)11-7-12(15(18)19)9-13(8-11)20-10(2)3;1-4-17-13(16)10-5-9(12(14)15)6-11(7-10)18-8(2)3/h7-10H,5-6H2,1-4H3,(H,18,19);5-8H,4H2,1-3H3,(H,14,15). The molecule has 0 spiro atoms. The lowest BCUT2D eigenvalue weighted by atomic mass is 10.1. The van der Waals surface area contributed by atoms with Crippen molar-refractivity contribution < 1.29 is 43.6 Å². The largest absolute Gasteiger partial charge is 0.491 e. The average molecular weight is 532 g/mol. The highest BCUT2D eigenvalue weighted by Gasteiger charge is 2.17. The van der Waals surface area contributed by atoms with E-state index in [1.165, 1.54) is 30.3 Å². The van der Waals surface area contributed by atoms with Crippen molar-refractivity contribution in [3.05, 3.63) is 58.7 Å². The summed E-state index contributed by atoms with van der Waals surface area (Å²) in [5.74, 6) is -2.22. The van der Waals surface area contributed by atoms with Crippen LogP contribution in [-0.4, -0.2) is 71.3 Å². The van der Waals surface area contributed by atoms with Crippen LogP contribution in [0.3, 0.4) is 0 Å². The van der Waals surface area contributed by atoms with E-state index in [0.29, 0.717) is 23.6 Å². The van der Waals surface area contributed by atoms with Gasteiger partial charge in [-0.25, -0.2) is 14.4 Å². The molecule has 0 unspecified atom stereocenters. The number of carboxylic acid groups (broad SMARTS) is 2. The Morgan fingerprint density at radius 2 is 1.16 bits per heavy atom. The molecule has 0 aliphatic carbocycles. The molecule has 10 nitrogen and oxygen atoms in total. The van der Waals surface area contributed by atoms with E-state index in [-0.39, 0.29) is 41.4 Å². The molecule has 208 valence electrons. The van der Waals surface area contributed by atoms with Crippen LogP contribution in [-0.2, 0) is 4.74 Å². The number of ether oxygens (including phenoxy) is 3. The van der Waals surface area contributed by atoms with Crippen molar-refractivity contribution in [2.24, 2.45) is 0 Å². The molecule has 2 aromatic rings. The normalized spacial score (nSPS) is 10.3. The first-order valence-corrected chi connectivity index (χ1v) is 12.3. The van der Waals surface area contributed by atoms with Gasteiger partial charge >= 0.3 is 17.9 Å². The van der Waals surface area contributed by atoms with Gasteiger partial charge in [-0.2, -0.15) is 0 Å². The molecule has 0 aliphatic rings. The maximum atomic E-state index is 12.2. The van der Waals surface area contributed by atoms with Gasteiger partial charge in [0.15, 0.2) is 0 Å². The Hall–Kier alpha value is -4.08. The van der Waals surface area contributed by atoms with Crippen LogP contribution in [0, 0.1) is 0 Å². The molecule has 0 aliphatic heterocycles. The summed E-state index contributed by atoms with van der Waals surface area (Å²) in [6, 6.07) is 8.52. The third kappa shape index (κ3) is 10.5. The van der Waals surface area contributed by atoms with Crippen molar-refractivity contribution in [3.8, 4) is 11.5 Å². The van der Waals surface area contributed by atoms with Crippen LogP contribution in [0.15, 0.2) is 36.4 Å². The first kappa shape index (κ1) is 31.9. The summed E-state index contributed by atoms with van der Waals surface area (Å²) in [7, 11) is 1.70. The van der Waals surface area contributed by atoms with Crippen LogP contribution in [0.4, 0.5) is 0 Å². The minimum absolute atomic E-state index is 0.00352. The minimum atomic E-state index is -1.12. The number of carbonyl (C=O) groups excluding carboxylic acids is 2. The highest BCUT2D eigenvalue weighted by atomic mass is 16.5. The summed E-state index contributed by atoms with van der Waals surface area (Å²) in [4.78, 5) is 47.5. The van der Waals surface area contributed by atoms with Gasteiger partial charge in [0.25, 0.3) is 5.91 Å². The third-order valence-electron chi connectivity index (χ3n) is 4.71. The first-order chi connectivity index (χ1) is 17.8. The molecule has 0 radical (unpaired) electrons. The quantitative estimate of drug-likeness (QED) is 0.383. The summed E-state index contributed by atoms with van der Waals surface area (Å²) in [6.45, 7) is 11.8. The van der Waals surface area contributed by atoms with E-state index in [0.717, 1.165) is 6.42 Å². The van der Waals surface area contributed by atoms with Crippen LogP contribution in [0.5, 0.6) is 11.5 Å². The average Bonchev–Trinajstić information content (AvgIpc) is 2.83. The molecular weight excluding hydrogens is 494 g/mol. The number of carbonyl (C=O) groups is 4. The van der Waals surface area contributed by atoms with Gasteiger partial charge < -0.3 is 29.3 Å². The fourth-order valence-corrected chi connectivity index (χ4v) is 3.24. The summed E-state index contributed by atoms with van der Waals surface area (Å²) in [6.07, 6.45) is 0.649. The van der Waals surface area contributed by atoms with Crippen LogP contribution in [0.25, 0.3) is 0 Å². The molecule has 2 aromatic carbocycles. The molecule has 1 amide bonds. The zero-order chi connectivity index (χ0) is 29.0. The molecule has 0 atom stereocenters. The molecule has 2 N–H and O–H groups in total. The third-order valence-corrected chi connectivity index (χ3v) is 4.71. The van der Waals surface area contributed by atoms with E-state index in [2.05, 4.69) is 0 Å². The molecule has 0 fully saturated rings. The van der Waals surface area contributed by atoms with Gasteiger partial charge in [0, 0.05) is 19.2 Å². The van der Waals surface area contributed by atoms with Gasteiger partial charge in [-0.05, 0) is 77.4 Å². The van der Waals surface area contributed by atoms with Crippen LogP contribution in [0.2, 0.25) is 0 Å². The van der Waals surface area contributed by atoms with Crippen LogP contribution in [0.1, 0.15) is 89.4 Å². The van der Waals surface area contributed by atoms with Gasteiger partial charge in [0.05, 0.1) is 35.5 Å². The predicted molar refractivity (Wildman–Crippen MR) is 142 cm³/mol. The summed E-state index contributed by atoms with van der Waals surface area (Å²) < 4.78 is 15.7. The highest BCUT2D eigenvalue weighted by Crippen LogP contribution is 2.21. The second-order valence-corrected chi connectivity index (χ2v) is 8.88. The number of hydrogen-bond donors (Lipinski definition) is 2. The van der Waals surface area contributed by atoms with E-state index in [4.69, 9.17) is 24.4 Å². The van der Waals surface area contributed by atoms with Crippen molar-refractivity contribution in [1.29, 1.82) is 0 Å². The van der Waals surface area contributed by atoms with Crippen molar-refractivity contribution in [2.75, 3.05) is 20.2 Å².